The van der Waals surface area contributed by atoms with Gasteiger partial charge in [-0.05, 0) is 42.9 Å². The van der Waals surface area contributed by atoms with Gasteiger partial charge in [0, 0.05) is 38.1 Å². The normalized spacial score (nSPS) is 30.5. The molecule has 0 bridgehead atoms. The first-order chi connectivity index (χ1) is 11.7. The minimum absolute atomic E-state index is 0.634. The minimum Gasteiger partial charge on any atom is -0.370 e. The number of pyridine rings is 1. The summed E-state index contributed by atoms with van der Waals surface area (Å²) in [5.74, 6) is 2.58. The Morgan fingerprint density at radius 2 is 1.83 bits per heavy atom. The van der Waals surface area contributed by atoms with Crippen molar-refractivity contribution in [2.75, 3.05) is 20.1 Å². The topological polar surface area (TPSA) is 52.0 Å². The largest absolute Gasteiger partial charge is 0.370 e. The fraction of sp³-hybridized carbons (Fsp3) is 0.579. The Hall–Kier alpha value is -1.88. The molecule has 1 aromatic rings. The molecule has 3 aliphatic rings. The van der Waals surface area contributed by atoms with Crippen molar-refractivity contribution in [3.63, 3.8) is 0 Å². The third kappa shape index (κ3) is 2.93. The molecule has 1 saturated carbocycles. The Balaban J connectivity index is 1.58. The highest BCUT2D eigenvalue weighted by Gasteiger charge is 2.34. The smallest absolute Gasteiger partial charge is 0.203 e. The van der Waals surface area contributed by atoms with E-state index in [4.69, 9.17) is 4.99 Å². The van der Waals surface area contributed by atoms with Gasteiger partial charge in [-0.25, -0.2) is 4.99 Å². The molecule has 0 spiro atoms. The average Bonchev–Trinajstić information content (AvgIpc) is 2.64. The van der Waals surface area contributed by atoms with Crippen LogP contribution in [0.2, 0.25) is 0 Å². The number of nitrogens with zero attached hydrogens (tertiary/aromatic N) is 4. The molecule has 128 valence electrons. The van der Waals surface area contributed by atoms with Crippen LogP contribution in [0.4, 0.5) is 0 Å². The number of fused-ring (bicyclic) bond motifs is 1. The van der Waals surface area contributed by atoms with Gasteiger partial charge in [0.05, 0.1) is 5.70 Å². The fourth-order valence-corrected chi connectivity index (χ4v) is 4.35. The van der Waals surface area contributed by atoms with Crippen molar-refractivity contribution in [1.82, 2.24) is 14.8 Å². The van der Waals surface area contributed by atoms with E-state index in [0.717, 1.165) is 42.1 Å². The molecule has 0 radical (unpaired) electrons. The van der Waals surface area contributed by atoms with Crippen molar-refractivity contribution >= 4 is 11.7 Å². The summed E-state index contributed by atoms with van der Waals surface area (Å²) in [5.41, 5.74) is 1.84. The highest BCUT2D eigenvalue weighted by atomic mass is 16.3. The molecule has 24 heavy (non-hydrogen) atoms. The number of likely N-dealkylation sites (tertiary alicyclic amines) is 1. The standard InChI is InChI=1S/C19H26N4O/c1-22-18(24)12-17(15-6-9-20-10-7-15)21-19(22)23-11-8-14-4-2-3-5-16(14)13-23/h6-7,9-10,12,14,16,18,24H,2-5,8,11,13H2,1H3. The van der Waals surface area contributed by atoms with Crippen LogP contribution in [-0.4, -0.2) is 52.2 Å². The highest BCUT2D eigenvalue weighted by Crippen LogP contribution is 2.37. The zero-order valence-corrected chi connectivity index (χ0v) is 14.3. The monoisotopic (exact) mass is 326 g/mol. The van der Waals surface area contributed by atoms with Crippen molar-refractivity contribution in [1.29, 1.82) is 0 Å². The first kappa shape index (κ1) is 15.6. The quantitative estimate of drug-likeness (QED) is 0.862. The van der Waals surface area contributed by atoms with Crippen molar-refractivity contribution in [3.05, 3.63) is 36.2 Å². The lowest BCUT2D eigenvalue weighted by molar-refractivity contribution is 0.0800. The third-order valence-corrected chi connectivity index (χ3v) is 5.79. The summed E-state index contributed by atoms with van der Waals surface area (Å²) in [6.45, 7) is 2.12. The minimum atomic E-state index is -0.634. The predicted molar refractivity (Wildman–Crippen MR) is 95.1 cm³/mol. The average molecular weight is 326 g/mol. The Bertz CT molecular complexity index is 642. The number of aliphatic hydroxyl groups excluding tert-OH is 1. The van der Waals surface area contributed by atoms with E-state index in [-0.39, 0.29) is 0 Å². The fourth-order valence-electron chi connectivity index (χ4n) is 4.35. The number of piperidine rings is 1. The van der Waals surface area contributed by atoms with E-state index in [9.17, 15) is 5.11 Å². The van der Waals surface area contributed by atoms with Crippen LogP contribution in [0.15, 0.2) is 35.6 Å². The van der Waals surface area contributed by atoms with Gasteiger partial charge in [0.2, 0.25) is 5.96 Å². The molecule has 3 unspecified atom stereocenters. The molecule has 4 rings (SSSR count). The molecule has 1 saturated heterocycles. The number of rotatable bonds is 1. The molecular weight excluding hydrogens is 300 g/mol. The van der Waals surface area contributed by atoms with Gasteiger partial charge in [-0.3, -0.25) is 4.98 Å². The number of aliphatic hydroxyl groups is 1. The molecule has 5 heteroatoms. The van der Waals surface area contributed by atoms with Gasteiger partial charge in [0.15, 0.2) is 6.23 Å². The van der Waals surface area contributed by atoms with E-state index in [2.05, 4.69) is 9.88 Å². The van der Waals surface area contributed by atoms with Gasteiger partial charge in [-0.1, -0.05) is 19.3 Å². The van der Waals surface area contributed by atoms with Gasteiger partial charge >= 0.3 is 0 Å². The van der Waals surface area contributed by atoms with Gasteiger partial charge < -0.3 is 14.9 Å². The Morgan fingerprint density at radius 3 is 2.62 bits per heavy atom. The SMILES string of the molecule is CN1C(N2CCC3CCCCC3C2)=NC(c2ccncc2)=CC1O. The Morgan fingerprint density at radius 1 is 1.08 bits per heavy atom. The maximum Gasteiger partial charge on any atom is 0.203 e. The lowest BCUT2D eigenvalue weighted by Gasteiger charge is -2.45. The highest BCUT2D eigenvalue weighted by molar-refractivity contribution is 5.88. The Labute approximate surface area is 143 Å². The van der Waals surface area contributed by atoms with Crippen molar-refractivity contribution in [2.24, 2.45) is 16.8 Å². The molecule has 3 atom stereocenters. The number of aromatic nitrogens is 1. The first-order valence-electron chi connectivity index (χ1n) is 9.09. The second kappa shape index (κ2) is 6.55. The van der Waals surface area contributed by atoms with Crippen LogP contribution in [-0.2, 0) is 0 Å². The van der Waals surface area contributed by atoms with Crippen LogP contribution in [0.5, 0.6) is 0 Å². The second-order valence-corrected chi connectivity index (χ2v) is 7.26. The molecule has 3 heterocycles. The van der Waals surface area contributed by atoms with Gasteiger partial charge in [-0.15, -0.1) is 0 Å². The van der Waals surface area contributed by atoms with Crippen molar-refractivity contribution in [3.8, 4) is 0 Å². The molecule has 0 aromatic carbocycles. The van der Waals surface area contributed by atoms with E-state index in [0.29, 0.717) is 0 Å². The van der Waals surface area contributed by atoms with Crippen molar-refractivity contribution in [2.45, 2.75) is 38.3 Å². The summed E-state index contributed by atoms with van der Waals surface area (Å²) < 4.78 is 0. The number of aliphatic imine (C=N–C) groups is 1. The molecule has 1 aliphatic carbocycles. The van der Waals surface area contributed by atoms with Crippen LogP contribution < -0.4 is 0 Å². The molecule has 0 amide bonds. The second-order valence-electron chi connectivity index (χ2n) is 7.26. The van der Waals surface area contributed by atoms with Gasteiger partial charge in [0.1, 0.15) is 0 Å². The van der Waals surface area contributed by atoms with Gasteiger partial charge in [-0.2, -0.15) is 0 Å². The van der Waals surface area contributed by atoms with Crippen molar-refractivity contribution < 1.29 is 5.11 Å². The Kier molecular flexibility index (Phi) is 4.27. The zero-order chi connectivity index (χ0) is 16.5. The summed E-state index contributed by atoms with van der Waals surface area (Å²) in [6.07, 6.45) is 11.5. The summed E-state index contributed by atoms with van der Waals surface area (Å²) in [7, 11) is 1.93. The lowest BCUT2D eigenvalue weighted by atomic mass is 9.75. The van der Waals surface area contributed by atoms with Gasteiger partial charge in [0.25, 0.3) is 0 Å². The maximum atomic E-state index is 10.5. The maximum absolute atomic E-state index is 10.5. The third-order valence-electron chi connectivity index (χ3n) is 5.79. The van der Waals surface area contributed by atoms with E-state index in [1.165, 1.54) is 32.1 Å². The van der Waals surface area contributed by atoms with E-state index in [1.807, 2.05) is 30.2 Å². The predicted octanol–water partition coefficient (Wildman–Crippen LogP) is 2.55. The number of likely N-dealkylation sites (N-methyl/N-ethyl adjacent to an activating group) is 1. The lowest BCUT2D eigenvalue weighted by Crippen LogP contribution is -2.53. The molecule has 5 nitrogen and oxygen atoms in total. The zero-order valence-electron chi connectivity index (χ0n) is 14.3. The molecule has 1 N–H and O–H groups in total. The van der Waals surface area contributed by atoms with Crippen LogP contribution in [0.3, 0.4) is 0 Å². The number of guanidine groups is 1. The van der Waals surface area contributed by atoms with Crippen LogP contribution >= 0.6 is 0 Å². The van der Waals surface area contributed by atoms with E-state index in [1.54, 1.807) is 12.4 Å². The summed E-state index contributed by atoms with van der Waals surface area (Å²) in [4.78, 5) is 13.2. The number of hydrogen-bond acceptors (Lipinski definition) is 5. The molecule has 2 fully saturated rings. The summed E-state index contributed by atoms with van der Waals surface area (Å²) in [6, 6.07) is 3.89. The molecule has 1 aromatic heterocycles. The number of hydrogen-bond donors (Lipinski definition) is 1. The molecular formula is C19H26N4O. The van der Waals surface area contributed by atoms with E-state index < -0.39 is 6.23 Å². The van der Waals surface area contributed by atoms with Crippen LogP contribution in [0.25, 0.3) is 5.70 Å². The van der Waals surface area contributed by atoms with Crippen LogP contribution in [0.1, 0.15) is 37.7 Å². The van der Waals surface area contributed by atoms with Crippen LogP contribution in [0, 0.1) is 11.8 Å². The summed E-state index contributed by atoms with van der Waals surface area (Å²) >= 11 is 0. The van der Waals surface area contributed by atoms with E-state index >= 15 is 0 Å². The first-order valence-corrected chi connectivity index (χ1v) is 9.09. The molecule has 2 aliphatic heterocycles. The summed E-state index contributed by atoms with van der Waals surface area (Å²) in [5, 5.41) is 10.5.